The topological polar surface area (TPSA) is 95.5 Å². The highest BCUT2D eigenvalue weighted by Gasteiger charge is 2.26. The number of halogens is 2. The third-order valence-corrected chi connectivity index (χ3v) is 3.29. The number of benzene rings is 1. The molecule has 0 aromatic heterocycles. The fraction of sp³-hybridized carbons (Fsp3) is 0.438. The summed E-state index contributed by atoms with van der Waals surface area (Å²) in [6.07, 6.45) is -4.08. The van der Waals surface area contributed by atoms with E-state index in [1.165, 1.54) is 6.92 Å². The Hall–Kier alpha value is -2.51. The summed E-state index contributed by atoms with van der Waals surface area (Å²) in [5, 5.41) is 13.5. The third kappa shape index (κ3) is 6.72. The third-order valence-electron chi connectivity index (χ3n) is 3.29. The van der Waals surface area contributed by atoms with Crippen molar-refractivity contribution in [2.45, 2.75) is 45.2 Å². The van der Waals surface area contributed by atoms with Crippen LogP contribution >= 0.6 is 0 Å². The predicted molar refractivity (Wildman–Crippen MR) is 82.5 cm³/mol. The SMILES string of the molecule is CC(=O)NC(CC(=O)NC(CC(F)F)C(=O)O)c1ccc(C)cc1. The second kappa shape index (κ2) is 8.95. The fourth-order valence-corrected chi connectivity index (χ4v) is 2.13. The number of carboxylic acids is 1. The summed E-state index contributed by atoms with van der Waals surface area (Å²) in [5.41, 5.74) is 1.65. The summed E-state index contributed by atoms with van der Waals surface area (Å²) < 4.78 is 24.7. The maximum Gasteiger partial charge on any atom is 0.326 e. The van der Waals surface area contributed by atoms with Crippen molar-refractivity contribution in [3.8, 4) is 0 Å². The van der Waals surface area contributed by atoms with Crippen molar-refractivity contribution in [1.29, 1.82) is 0 Å². The van der Waals surface area contributed by atoms with Gasteiger partial charge in [0.15, 0.2) is 0 Å². The molecule has 24 heavy (non-hydrogen) atoms. The number of amides is 2. The van der Waals surface area contributed by atoms with Gasteiger partial charge in [-0.05, 0) is 12.5 Å². The van der Waals surface area contributed by atoms with Crippen LogP contribution in [0.1, 0.15) is 36.9 Å². The standard InChI is InChI=1S/C16H20F2N2O4/c1-9-3-5-11(6-4-9)12(19-10(2)21)8-15(22)20-13(16(23)24)7-14(17)18/h3-6,12-14H,7-8H2,1-2H3,(H,19,21)(H,20,22)(H,23,24). The molecule has 0 bridgehead atoms. The van der Waals surface area contributed by atoms with Crippen LogP contribution in [0.4, 0.5) is 8.78 Å². The summed E-state index contributed by atoms with van der Waals surface area (Å²) >= 11 is 0. The van der Waals surface area contributed by atoms with E-state index in [9.17, 15) is 23.2 Å². The Morgan fingerprint density at radius 2 is 1.71 bits per heavy atom. The number of aryl methyl sites for hydroxylation is 1. The number of nitrogens with one attached hydrogen (secondary N) is 2. The molecule has 0 aliphatic heterocycles. The molecule has 8 heteroatoms. The van der Waals surface area contributed by atoms with Crippen LogP contribution in [-0.2, 0) is 14.4 Å². The van der Waals surface area contributed by atoms with Crippen LogP contribution in [0.5, 0.6) is 0 Å². The lowest BCUT2D eigenvalue weighted by Crippen LogP contribution is -2.43. The first kappa shape index (κ1) is 19.5. The molecular weight excluding hydrogens is 322 g/mol. The largest absolute Gasteiger partial charge is 0.480 e. The second-order valence-corrected chi connectivity index (χ2v) is 5.45. The van der Waals surface area contributed by atoms with E-state index in [0.29, 0.717) is 5.56 Å². The molecule has 6 nitrogen and oxygen atoms in total. The summed E-state index contributed by atoms with van der Waals surface area (Å²) in [5.74, 6) is -2.63. The lowest BCUT2D eigenvalue weighted by molar-refractivity contribution is -0.143. The van der Waals surface area contributed by atoms with Gasteiger partial charge in [0, 0.05) is 13.3 Å². The number of hydrogen-bond acceptors (Lipinski definition) is 3. The summed E-state index contributed by atoms with van der Waals surface area (Å²) in [6.45, 7) is 3.17. The lowest BCUT2D eigenvalue weighted by atomic mass is 10.0. The van der Waals surface area contributed by atoms with Crippen LogP contribution in [0.25, 0.3) is 0 Å². The molecule has 0 spiro atoms. The van der Waals surface area contributed by atoms with Gasteiger partial charge in [-0.1, -0.05) is 29.8 Å². The Bertz CT molecular complexity index is 590. The van der Waals surface area contributed by atoms with Gasteiger partial charge in [-0.2, -0.15) is 0 Å². The van der Waals surface area contributed by atoms with Crippen LogP contribution in [-0.4, -0.2) is 35.4 Å². The number of carbonyl (C=O) groups is 3. The zero-order valence-electron chi connectivity index (χ0n) is 13.4. The van der Waals surface area contributed by atoms with Crippen molar-refractivity contribution in [3.05, 3.63) is 35.4 Å². The number of alkyl halides is 2. The first-order chi connectivity index (χ1) is 11.2. The van der Waals surface area contributed by atoms with Gasteiger partial charge < -0.3 is 15.7 Å². The minimum absolute atomic E-state index is 0.254. The van der Waals surface area contributed by atoms with Gasteiger partial charge in [-0.15, -0.1) is 0 Å². The van der Waals surface area contributed by atoms with Crippen molar-refractivity contribution in [2.24, 2.45) is 0 Å². The van der Waals surface area contributed by atoms with Gasteiger partial charge >= 0.3 is 5.97 Å². The van der Waals surface area contributed by atoms with Crippen LogP contribution in [0, 0.1) is 6.92 Å². The lowest BCUT2D eigenvalue weighted by Gasteiger charge is -2.20. The molecule has 0 aliphatic carbocycles. The van der Waals surface area contributed by atoms with Crippen molar-refractivity contribution >= 4 is 17.8 Å². The maximum atomic E-state index is 12.4. The minimum Gasteiger partial charge on any atom is -0.480 e. The number of hydrogen-bond donors (Lipinski definition) is 3. The van der Waals surface area contributed by atoms with E-state index >= 15 is 0 Å². The first-order valence-corrected chi connectivity index (χ1v) is 7.33. The first-order valence-electron chi connectivity index (χ1n) is 7.33. The predicted octanol–water partition coefficient (Wildman–Crippen LogP) is 1.79. The van der Waals surface area contributed by atoms with Crippen molar-refractivity contribution < 1.29 is 28.3 Å². The Balaban J connectivity index is 2.81. The van der Waals surface area contributed by atoms with Crippen molar-refractivity contribution in [1.82, 2.24) is 10.6 Å². The number of aliphatic carboxylic acids is 1. The molecule has 2 unspecified atom stereocenters. The quantitative estimate of drug-likeness (QED) is 0.671. The average Bonchev–Trinajstić information content (AvgIpc) is 2.45. The monoisotopic (exact) mass is 342 g/mol. The Morgan fingerprint density at radius 1 is 1.12 bits per heavy atom. The number of carbonyl (C=O) groups excluding carboxylic acids is 2. The van der Waals surface area contributed by atoms with Gasteiger partial charge in [0.05, 0.1) is 12.5 Å². The molecule has 0 saturated carbocycles. The normalized spacial score (nSPS) is 13.2. The second-order valence-electron chi connectivity index (χ2n) is 5.45. The molecule has 1 aromatic rings. The van der Waals surface area contributed by atoms with Gasteiger partial charge in [0.2, 0.25) is 18.2 Å². The molecule has 0 fully saturated rings. The van der Waals surface area contributed by atoms with E-state index in [2.05, 4.69) is 10.6 Å². The highest BCUT2D eigenvalue weighted by Crippen LogP contribution is 2.18. The summed E-state index contributed by atoms with van der Waals surface area (Å²) in [7, 11) is 0. The van der Waals surface area contributed by atoms with E-state index in [1.807, 2.05) is 6.92 Å². The van der Waals surface area contributed by atoms with Crippen molar-refractivity contribution in [3.63, 3.8) is 0 Å². The van der Waals surface area contributed by atoms with Crippen LogP contribution in [0.15, 0.2) is 24.3 Å². The molecule has 2 amide bonds. The average molecular weight is 342 g/mol. The van der Waals surface area contributed by atoms with Crippen molar-refractivity contribution in [2.75, 3.05) is 0 Å². The fourth-order valence-electron chi connectivity index (χ4n) is 2.13. The van der Waals surface area contributed by atoms with Crippen LogP contribution < -0.4 is 10.6 Å². The molecule has 0 saturated heterocycles. The Morgan fingerprint density at radius 3 is 2.17 bits per heavy atom. The molecule has 1 rings (SSSR count). The minimum atomic E-state index is -2.85. The molecule has 0 radical (unpaired) electrons. The zero-order chi connectivity index (χ0) is 18.3. The van der Waals surface area contributed by atoms with E-state index in [0.717, 1.165) is 5.56 Å². The van der Waals surface area contributed by atoms with Gasteiger partial charge in [-0.25, -0.2) is 13.6 Å². The molecule has 3 N–H and O–H groups in total. The van der Waals surface area contributed by atoms with E-state index in [1.54, 1.807) is 24.3 Å². The maximum absolute atomic E-state index is 12.4. The molecular formula is C16H20F2N2O4. The number of carboxylic acid groups (broad SMARTS) is 1. The van der Waals surface area contributed by atoms with E-state index in [-0.39, 0.29) is 12.3 Å². The Kier molecular flexibility index (Phi) is 7.29. The van der Waals surface area contributed by atoms with Crippen LogP contribution in [0.3, 0.4) is 0 Å². The van der Waals surface area contributed by atoms with Gasteiger partial charge in [0.1, 0.15) is 6.04 Å². The molecule has 1 aromatic carbocycles. The zero-order valence-corrected chi connectivity index (χ0v) is 13.4. The van der Waals surface area contributed by atoms with E-state index < -0.39 is 36.8 Å². The molecule has 0 heterocycles. The Labute approximate surface area is 138 Å². The van der Waals surface area contributed by atoms with Gasteiger partial charge in [-0.3, -0.25) is 9.59 Å². The smallest absolute Gasteiger partial charge is 0.326 e. The summed E-state index contributed by atoms with van der Waals surface area (Å²) in [4.78, 5) is 34.2. The highest BCUT2D eigenvalue weighted by atomic mass is 19.3. The van der Waals surface area contributed by atoms with Gasteiger partial charge in [0.25, 0.3) is 0 Å². The van der Waals surface area contributed by atoms with E-state index in [4.69, 9.17) is 5.11 Å². The highest BCUT2D eigenvalue weighted by molar-refractivity contribution is 5.84. The molecule has 2 atom stereocenters. The van der Waals surface area contributed by atoms with Crippen LogP contribution in [0.2, 0.25) is 0 Å². The molecule has 0 aliphatic rings. The molecule has 132 valence electrons. The summed E-state index contributed by atoms with van der Waals surface area (Å²) in [6, 6.07) is 4.73. The number of rotatable bonds is 8.